The number of nitrogens with one attached hydrogen (secondary N) is 1. The van der Waals surface area contributed by atoms with Crippen LogP contribution in [0, 0.1) is 3.57 Å². The van der Waals surface area contributed by atoms with Crippen molar-refractivity contribution in [2.24, 2.45) is 0 Å². The van der Waals surface area contributed by atoms with Gasteiger partial charge in [0.2, 0.25) is 0 Å². The number of rotatable bonds is 3. The second-order valence-electron chi connectivity index (χ2n) is 3.54. The normalized spacial score (nSPS) is 15.9. The van der Waals surface area contributed by atoms with Crippen molar-refractivity contribution in [1.82, 2.24) is 0 Å². The molecule has 1 aromatic rings. The Bertz CT molecular complexity index is 362. The Hall–Kier alpha value is -0.550. The van der Waals surface area contributed by atoms with Gasteiger partial charge in [-0.25, -0.2) is 0 Å². The maximum absolute atomic E-state index is 5.39. The first kappa shape index (κ1) is 11.0. The maximum atomic E-state index is 5.39. The van der Waals surface area contributed by atoms with Gasteiger partial charge in [-0.2, -0.15) is 0 Å². The summed E-state index contributed by atoms with van der Waals surface area (Å²) in [7, 11) is 0. The van der Waals surface area contributed by atoms with Gasteiger partial charge < -0.3 is 10.1 Å². The number of hydrogen-bond acceptors (Lipinski definition) is 2. The largest absolute Gasteiger partial charge is 0.380 e. The Labute approximate surface area is 104 Å². The van der Waals surface area contributed by atoms with E-state index in [0.717, 1.165) is 26.2 Å². The van der Waals surface area contributed by atoms with E-state index < -0.39 is 0 Å². The Morgan fingerprint density at radius 1 is 1.33 bits per heavy atom. The number of ether oxygens (including phenoxy) is 1. The van der Waals surface area contributed by atoms with Crippen LogP contribution in [0.5, 0.6) is 0 Å². The lowest BCUT2D eigenvalue weighted by atomic mass is 10.2. The van der Waals surface area contributed by atoms with Gasteiger partial charge in [0, 0.05) is 15.8 Å². The van der Waals surface area contributed by atoms with Crippen LogP contribution < -0.4 is 5.32 Å². The molecule has 1 aromatic carbocycles. The van der Waals surface area contributed by atoms with Crippen LogP contribution in [0.2, 0.25) is 0 Å². The number of benzene rings is 1. The van der Waals surface area contributed by atoms with E-state index >= 15 is 0 Å². The van der Waals surface area contributed by atoms with Crippen molar-refractivity contribution < 1.29 is 4.74 Å². The molecule has 0 amide bonds. The van der Waals surface area contributed by atoms with Crippen molar-refractivity contribution in [1.29, 1.82) is 0 Å². The molecule has 80 valence electrons. The third-order valence-corrected chi connectivity index (χ3v) is 3.30. The molecule has 0 saturated carbocycles. The molecule has 0 radical (unpaired) electrons. The van der Waals surface area contributed by atoms with Crippen molar-refractivity contribution in [3.63, 3.8) is 0 Å². The number of anilines is 1. The van der Waals surface area contributed by atoms with Crippen molar-refractivity contribution in [3.05, 3.63) is 39.5 Å². The minimum absolute atomic E-state index is 0.774. The zero-order chi connectivity index (χ0) is 10.5. The number of para-hydroxylation sites is 1. The van der Waals surface area contributed by atoms with E-state index in [9.17, 15) is 0 Å². The molecule has 0 atom stereocenters. The highest BCUT2D eigenvalue weighted by Crippen LogP contribution is 2.17. The van der Waals surface area contributed by atoms with Gasteiger partial charge in [0.1, 0.15) is 0 Å². The van der Waals surface area contributed by atoms with Crippen LogP contribution in [0.1, 0.15) is 6.42 Å². The van der Waals surface area contributed by atoms with Crippen molar-refractivity contribution in [2.75, 3.05) is 25.1 Å². The van der Waals surface area contributed by atoms with Crippen molar-refractivity contribution >= 4 is 28.3 Å². The van der Waals surface area contributed by atoms with Gasteiger partial charge in [0.25, 0.3) is 0 Å². The van der Waals surface area contributed by atoms with Crippen LogP contribution in [0.15, 0.2) is 35.9 Å². The zero-order valence-corrected chi connectivity index (χ0v) is 10.7. The molecule has 1 aliphatic heterocycles. The summed E-state index contributed by atoms with van der Waals surface area (Å²) in [4.78, 5) is 0. The minimum atomic E-state index is 0.774. The van der Waals surface area contributed by atoms with Gasteiger partial charge in [0.15, 0.2) is 0 Å². The topological polar surface area (TPSA) is 21.3 Å². The molecule has 0 aromatic heterocycles. The van der Waals surface area contributed by atoms with E-state index in [-0.39, 0.29) is 0 Å². The van der Waals surface area contributed by atoms with Crippen LogP contribution in [0.25, 0.3) is 0 Å². The Morgan fingerprint density at radius 3 is 2.93 bits per heavy atom. The fourth-order valence-corrected chi connectivity index (χ4v) is 2.12. The monoisotopic (exact) mass is 315 g/mol. The van der Waals surface area contributed by atoms with Crippen molar-refractivity contribution in [2.45, 2.75) is 6.42 Å². The lowest BCUT2D eigenvalue weighted by molar-refractivity contribution is 0.150. The lowest BCUT2D eigenvalue weighted by Crippen LogP contribution is -2.14. The molecule has 0 fully saturated rings. The molecule has 0 unspecified atom stereocenters. The third kappa shape index (κ3) is 3.21. The summed E-state index contributed by atoms with van der Waals surface area (Å²) in [5, 5.41) is 3.43. The van der Waals surface area contributed by atoms with Crippen LogP contribution in [-0.4, -0.2) is 19.8 Å². The highest BCUT2D eigenvalue weighted by molar-refractivity contribution is 14.1. The molecule has 2 nitrogen and oxygen atoms in total. The fraction of sp³-hybridized carbons (Fsp3) is 0.333. The predicted molar refractivity (Wildman–Crippen MR) is 71.2 cm³/mol. The molecular formula is C12H14INO. The molecule has 1 N–H and O–H groups in total. The first-order valence-corrected chi connectivity index (χ1v) is 6.18. The average Bonchev–Trinajstić information content (AvgIpc) is 2.29. The standard InChI is InChI=1S/C12H14INO/c13-11-5-1-2-6-12(11)14-8-10-4-3-7-15-9-10/h1-2,4-6,14H,3,7-9H2. The predicted octanol–water partition coefficient (Wildman–Crippen LogP) is 3.05. The van der Waals surface area contributed by atoms with E-state index in [0.29, 0.717) is 0 Å². The summed E-state index contributed by atoms with van der Waals surface area (Å²) >= 11 is 2.34. The molecule has 1 aliphatic rings. The van der Waals surface area contributed by atoms with E-state index in [2.05, 4.69) is 58.2 Å². The lowest BCUT2D eigenvalue weighted by Gasteiger charge is -2.15. The summed E-state index contributed by atoms with van der Waals surface area (Å²) in [6, 6.07) is 8.31. The molecule has 2 rings (SSSR count). The van der Waals surface area contributed by atoms with Gasteiger partial charge in [-0.15, -0.1) is 0 Å². The molecule has 1 heterocycles. The molecule has 15 heavy (non-hydrogen) atoms. The van der Waals surface area contributed by atoms with Gasteiger partial charge in [-0.05, 0) is 46.7 Å². The van der Waals surface area contributed by atoms with Crippen LogP contribution in [0.3, 0.4) is 0 Å². The van der Waals surface area contributed by atoms with E-state index in [4.69, 9.17) is 4.74 Å². The highest BCUT2D eigenvalue weighted by Gasteiger charge is 2.04. The quantitative estimate of drug-likeness (QED) is 0.684. The Kier molecular flexibility index (Phi) is 4.02. The summed E-state index contributed by atoms with van der Waals surface area (Å²) in [6.45, 7) is 2.53. The number of halogens is 1. The summed E-state index contributed by atoms with van der Waals surface area (Å²) in [6.07, 6.45) is 3.31. The summed E-state index contributed by atoms with van der Waals surface area (Å²) in [5.41, 5.74) is 2.55. The molecular weight excluding hydrogens is 301 g/mol. The summed E-state index contributed by atoms with van der Waals surface area (Å²) in [5.74, 6) is 0. The van der Waals surface area contributed by atoms with Crippen LogP contribution in [0.4, 0.5) is 5.69 Å². The molecule has 0 bridgehead atoms. The Balaban J connectivity index is 1.93. The van der Waals surface area contributed by atoms with Gasteiger partial charge in [-0.1, -0.05) is 18.2 Å². The maximum Gasteiger partial charge on any atom is 0.0693 e. The second kappa shape index (κ2) is 5.51. The van der Waals surface area contributed by atoms with Crippen LogP contribution in [-0.2, 0) is 4.74 Å². The minimum Gasteiger partial charge on any atom is -0.380 e. The van der Waals surface area contributed by atoms with Gasteiger partial charge >= 0.3 is 0 Å². The first-order chi connectivity index (χ1) is 7.36. The molecule has 3 heteroatoms. The van der Waals surface area contributed by atoms with Crippen molar-refractivity contribution in [3.8, 4) is 0 Å². The third-order valence-electron chi connectivity index (χ3n) is 2.36. The van der Waals surface area contributed by atoms with E-state index in [1.165, 1.54) is 14.8 Å². The van der Waals surface area contributed by atoms with Gasteiger partial charge in [0.05, 0.1) is 13.2 Å². The molecule has 0 spiro atoms. The second-order valence-corrected chi connectivity index (χ2v) is 4.70. The SMILES string of the molecule is Ic1ccccc1NCC1=CCCOC1. The average molecular weight is 315 g/mol. The fourth-order valence-electron chi connectivity index (χ4n) is 1.55. The first-order valence-electron chi connectivity index (χ1n) is 5.10. The van der Waals surface area contributed by atoms with Crippen LogP contribution >= 0.6 is 22.6 Å². The van der Waals surface area contributed by atoms with E-state index in [1.807, 2.05) is 0 Å². The smallest absolute Gasteiger partial charge is 0.0693 e. The molecule has 0 saturated heterocycles. The Morgan fingerprint density at radius 2 is 2.20 bits per heavy atom. The number of hydrogen-bond donors (Lipinski definition) is 1. The molecule has 0 aliphatic carbocycles. The van der Waals surface area contributed by atoms with E-state index in [1.54, 1.807) is 0 Å². The zero-order valence-electron chi connectivity index (χ0n) is 8.50. The highest BCUT2D eigenvalue weighted by atomic mass is 127. The summed E-state index contributed by atoms with van der Waals surface area (Å²) < 4.78 is 6.65. The van der Waals surface area contributed by atoms with Gasteiger partial charge in [-0.3, -0.25) is 0 Å².